The first-order chi connectivity index (χ1) is 16.3. The fourth-order valence-electron chi connectivity index (χ4n) is 3.62. The van der Waals surface area contributed by atoms with Crippen molar-refractivity contribution in [3.8, 4) is 0 Å². The monoisotopic (exact) mass is 471 g/mol. The van der Waals surface area contributed by atoms with Crippen LogP contribution < -0.4 is 4.90 Å². The van der Waals surface area contributed by atoms with E-state index in [1.165, 1.54) is 0 Å². The predicted molar refractivity (Wildman–Crippen MR) is 129 cm³/mol. The van der Waals surface area contributed by atoms with Crippen molar-refractivity contribution >= 4 is 40.3 Å². The van der Waals surface area contributed by atoms with Crippen LogP contribution >= 0.6 is 0 Å². The molecule has 9 heteroatoms. The number of anilines is 1. The summed E-state index contributed by atoms with van der Waals surface area (Å²) in [6.45, 7) is 8.67. The molecule has 1 saturated heterocycles. The zero-order chi connectivity index (χ0) is 24.6. The van der Waals surface area contributed by atoms with Gasteiger partial charge in [-0.1, -0.05) is 12.1 Å². The molecular weight excluding hydrogens is 438 g/mol. The quantitative estimate of drug-likeness (QED) is 0.350. The lowest BCUT2D eigenvalue weighted by atomic mass is 10.2. The third kappa shape index (κ3) is 7.15. The summed E-state index contributed by atoms with van der Waals surface area (Å²) in [7, 11) is 0. The molecule has 0 aliphatic carbocycles. The van der Waals surface area contributed by atoms with Crippen molar-refractivity contribution in [2.24, 2.45) is 0 Å². The predicted octanol–water partition coefficient (Wildman–Crippen LogP) is 4.71. The highest BCUT2D eigenvalue weighted by atomic mass is 16.5. The molecule has 0 radical (unpaired) electrons. The number of hydrogen-bond donors (Lipinski definition) is 1. The Bertz CT molecular complexity index is 1100. The number of nitrogens with zero attached hydrogens (tertiary/aromatic N) is 3. The Kier molecular flexibility index (Phi) is 8.81. The number of ether oxygens (including phenoxy) is 2. The van der Waals surface area contributed by atoms with Gasteiger partial charge in [-0.3, -0.25) is 9.59 Å². The van der Waals surface area contributed by atoms with Gasteiger partial charge in [-0.2, -0.15) is 0 Å². The minimum Gasteiger partial charge on any atom is -0.481 e. The molecule has 184 valence electrons. The molecule has 0 atom stereocenters. The van der Waals surface area contributed by atoms with Crippen LogP contribution in [0.3, 0.4) is 0 Å². The summed E-state index contributed by atoms with van der Waals surface area (Å²) in [5.74, 6) is 0.707. The number of rotatable bonds is 9. The van der Waals surface area contributed by atoms with Crippen LogP contribution in [0.2, 0.25) is 0 Å². The van der Waals surface area contributed by atoms with E-state index in [1.54, 1.807) is 0 Å². The zero-order valence-electron chi connectivity index (χ0n) is 20.1. The number of carbonyl (C=O) groups excluding carboxylic acids is 1. The van der Waals surface area contributed by atoms with Crippen molar-refractivity contribution in [2.75, 3.05) is 24.6 Å². The number of carboxylic acid groups (broad SMARTS) is 1. The van der Waals surface area contributed by atoms with E-state index in [9.17, 15) is 9.59 Å². The lowest BCUT2D eigenvalue weighted by Crippen LogP contribution is -2.20. The Morgan fingerprint density at radius 3 is 2.56 bits per heavy atom. The highest BCUT2D eigenvalue weighted by molar-refractivity contribution is 6.05. The van der Waals surface area contributed by atoms with Gasteiger partial charge >= 0.3 is 5.97 Å². The number of unbranched alkanes of at least 4 members (excludes halogenated alkanes) is 1. The van der Waals surface area contributed by atoms with Crippen LogP contribution in [0.1, 0.15) is 58.7 Å². The molecule has 3 aromatic rings. The summed E-state index contributed by atoms with van der Waals surface area (Å²) in [5.41, 5.74) is 2.06. The molecule has 1 N–H and O–H groups in total. The fourth-order valence-corrected chi connectivity index (χ4v) is 3.62. The van der Waals surface area contributed by atoms with Crippen molar-refractivity contribution < 1.29 is 28.6 Å². The molecule has 1 aromatic carbocycles. The lowest BCUT2D eigenvalue weighted by Gasteiger charge is -2.17. The largest absolute Gasteiger partial charge is 0.481 e. The minimum atomic E-state index is -0.772. The third-order valence-electron chi connectivity index (χ3n) is 5.22. The molecule has 34 heavy (non-hydrogen) atoms. The summed E-state index contributed by atoms with van der Waals surface area (Å²) in [4.78, 5) is 31.8. The maximum Gasteiger partial charge on any atom is 0.303 e. The van der Waals surface area contributed by atoms with Crippen LogP contribution in [-0.2, 0) is 25.7 Å². The van der Waals surface area contributed by atoms with Gasteiger partial charge in [0.2, 0.25) is 0 Å². The molecule has 0 unspecified atom stereocenters. The van der Waals surface area contributed by atoms with Gasteiger partial charge < -0.3 is 23.9 Å². The van der Waals surface area contributed by atoms with Crippen LogP contribution in [-0.4, -0.2) is 52.8 Å². The number of fused-ring (bicyclic) bond motifs is 3. The van der Waals surface area contributed by atoms with E-state index in [1.807, 2.05) is 45.0 Å². The van der Waals surface area contributed by atoms with Gasteiger partial charge in [-0.15, -0.1) is 0 Å². The Labute approximate surface area is 199 Å². The van der Waals surface area contributed by atoms with Crippen LogP contribution in [0.25, 0.3) is 22.1 Å². The number of carbonyl (C=O) groups is 2. The first-order valence-electron chi connectivity index (χ1n) is 11.6. The zero-order valence-corrected chi connectivity index (χ0v) is 20.1. The molecule has 1 aliphatic heterocycles. The average molecular weight is 472 g/mol. The van der Waals surface area contributed by atoms with E-state index in [-0.39, 0.29) is 12.0 Å². The minimum absolute atomic E-state index is 0.173. The fraction of sp³-hybridized carbons (Fsp3) is 0.520. The maximum atomic E-state index is 10.5. The van der Waals surface area contributed by atoms with E-state index in [2.05, 4.69) is 9.64 Å². The van der Waals surface area contributed by atoms with Gasteiger partial charge in [0.15, 0.2) is 17.2 Å². The molecule has 9 nitrogen and oxygen atoms in total. The van der Waals surface area contributed by atoms with Crippen LogP contribution in [0.4, 0.5) is 5.82 Å². The van der Waals surface area contributed by atoms with Crippen molar-refractivity contribution in [2.45, 2.75) is 65.1 Å². The summed E-state index contributed by atoms with van der Waals surface area (Å²) in [6.07, 6.45) is 3.80. The second-order valence-electron chi connectivity index (χ2n) is 9.16. The molecule has 3 heterocycles. The van der Waals surface area contributed by atoms with Crippen LogP contribution in [0.5, 0.6) is 0 Å². The number of benzene rings is 1. The molecule has 0 saturated carbocycles. The lowest BCUT2D eigenvalue weighted by molar-refractivity contribution is -0.139. The number of aliphatic carboxylic acids is 1. The molecule has 2 aromatic heterocycles. The Hall–Kier alpha value is -3.20. The SMILES string of the molecule is CC(C)(C)OC=O.O=C(O)CCCCOCc1nc(N2CCCC2)c2oc3ccccc3c2n1. The topological polar surface area (TPSA) is 115 Å². The second kappa shape index (κ2) is 11.8. The number of hydrogen-bond acceptors (Lipinski definition) is 8. The van der Waals surface area contributed by atoms with E-state index < -0.39 is 5.97 Å². The molecule has 4 rings (SSSR count). The summed E-state index contributed by atoms with van der Waals surface area (Å²) < 4.78 is 16.3. The van der Waals surface area contributed by atoms with Crippen molar-refractivity contribution in [3.63, 3.8) is 0 Å². The van der Waals surface area contributed by atoms with E-state index >= 15 is 0 Å². The van der Waals surface area contributed by atoms with Gasteiger partial charge in [-0.05, 0) is 58.6 Å². The Morgan fingerprint density at radius 2 is 1.91 bits per heavy atom. The first kappa shape index (κ1) is 25.4. The molecular formula is C25H33N3O6. The molecule has 0 spiro atoms. The van der Waals surface area contributed by atoms with Crippen molar-refractivity contribution in [1.82, 2.24) is 9.97 Å². The third-order valence-corrected chi connectivity index (χ3v) is 5.22. The Morgan fingerprint density at radius 1 is 1.18 bits per heavy atom. The van der Waals surface area contributed by atoms with Gasteiger partial charge in [0.05, 0.1) is 0 Å². The van der Waals surface area contributed by atoms with E-state index in [0.29, 0.717) is 38.4 Å². The Balaban J connectivity index is 0.000000406. The highest BCUT2D eigenvalue weighted by Gasteiger charge is 2.22. The van der Waals surface area contributed by atoms with Crippen LogP contribution in [0, 0.1) is 0 Å². The number of aromatic nitrogens is 2. The van der Waals surface area contributed by atoms with E-state index in [4.69, 9.17) is 24.2 Å². The summed E-state index contributed by atoms with van der Waals surface area (Å²) >= 11 is 0. The standard InChI is InChI=1S/C20H23N3O4.C5H10O2/c24-17(25)9-3-6-12-26-13-16-21-18-14-7-1-2-8-15(14)27-19(18)20(22-16)23-10-4-5-11-23;1-5(2,3)7-4-6/h1-2,7-8H,3-6,9-13H2,(H,24,25);4H,1-3H3. The number of carboxylic acids is 1. The number of para-hydroxylation sites is 1. The summed E-state index contributed by atoms with van der Waals surface area (Å²) in [5, 5.41) is 9.66. The van der Waals surface area contributed by atoms with Crippen LogP contribution in [0.15, 0.2) is 28.7 Å². The second-order valence-corrected chi connectivity index (χ2v) is 9.16. The first-order valence-corrected chi connectivity index (χ1v) is 11.6. The van der Waals surface area contributed by atoms with Crippen molar-refractivity contribution in [1.29, 1.82) is 0 Å². The molecule has 0 amide bonds. The maximum absolute atomic E-state index is 10.5. The summed E-state index contributed by atoms with van der Waals surface area (Å²) in [6, 6.07) is 7.89. The van der Waals surface area contributed by atoms with Crippen molar-refractivity contribution in [3.05, 3.63) is 30.1 Å². The molecule has 0 bridgehead atoms. The smallest absolute Gasteiger partial charge is 0.303 e. The van der Waals surface area contributed by atoms with Gasteiger partial charge in [0, 0.05) is 31.5 Å². The van der Waals surface area contributed by atoms with Gasteiger partial charge in [-0.25, -0.2) is 9.97 Å². The van der Waals surface area contributed by atoms with Gasteiger partial charge in [0.25, 0.3) is 6.47 Å². The highest BCUT2D eigenvalue weighted by Crippen LogP contribution is 2.34. The van der Waals surface area contributed by atoms with Gasteiger partial charge in [0.1, 0.15) is 23.3 Å². The normalized spacial score (nSPS) is 13.7. The average Bonchev–Trinajstić information content (AvgIpc) is 3.43. The molecule has 1 fully saturated rings. The number of furan rings is 1. The molecule has 1 aliphatic rings. The van der Waals surface area contributed by atoms with E-state index in [0.717, 1.165) is 53.8 Å².